The van der Waals surface area contributed by atoms with Gasteiger partial charge in [0, 0.05) is 24.4 Å². The van der Waals surface area contributed by atoms with Gasteiger partial charge >= 0.3 is 0 Å². The van der Waals surface area contributed by atoms with E-state index in [1.807, 2.05) is 19.2 Å². The summed E-state index contributed by atoms with van der Waals surface area (Å²) in [6.07, 6.45) is 6.65. The maximum Gasteiger partial charge on any atom is 0.223 e. The van der Waals surface area contributed by atoms with Gasteiger partial charge in [-0.1, -0.05) is 13.0 Å². The fraction of sp³-hybridized carbons (Fsp3) is 0.500. The molecular formula is C12H16N2O. The minimum Gasteiger partial charge on any atom is -0.353 e. The lowest BCUT2D eigenvalue weighted by molar-refractivity contribution is -0.122. The first-order chi connectivity index (χ1) is 7.25. The second kappa shape index (κ2) is 4.43. The highest BCUT2D eigenvalue weighted by atomic mass is 16.2. The third-order valence-electron chi connectivity index (χ3n) is 2.94. The van der Waals surface area contributed by atoms with Gasteiger partial charge < -0.3 is 5.32 Å². The Balaban J connectivity index is 1.82. The van der Waals surface area contributed by atoms with Gasteiger partial charge in [0.1, 0.15) is 0 Å². The molecule has 3 nitrogen and oxygen atoms in total. The molecule has 0 saturated carbocycles. The lowest BCUT2D eigenvalue weighted by atomic mass is 10.0. The van der Waals surface area contributed by atoms with Crippen LogP contribution in [0.15, 0.2) is 24.5 Å². The first kappa shape index (κ1) is 10.1. The highest BCUT2D eigenvalue weighted by Gasteiger charge is 2.27. The van der Waals surface area contributed by atoms with Crippen molar-refractivity contribution in [3.63, 3.8) is 0 Å². The molecule has 2 atom stereocenters. The van der Waals surface area contributed by atoms with Crippen molar-refractivity contribution in [2.75, 3.05) is 0 Å². The van der Waals surface area contributed by atoms with Gasteiger partial charge in [-0.2, -0.15) is 0 Å². The predicted octanol–water partition coefficient (Wildman–Crippen LogP) is 1.54. The highest BCUT2D eigenvalue weighted by Crippen LogP contribution is 2.18. The monoisotopic (exact) mass is 204 g/mol. The minimum atomic E-state index is 0.184. The van der Waals surface area contributed by atoms with Crippen LogP contribution in [-0.2, 0) is 11.2 Å². The van der Waals surface area contributed by atoms with Gasteiger partial charge in [0.25, 0.3) is 0 Å². The number of rotatable bonds is 3. The molecule has 15 heavy (non-hydrogen) atoms. The van der Waals surface area contributed by atoms with E-state index in [2.05, 4.69) is 16.4 Å². The highest BCUT2D eigenvalue weighted by molar-refractivity contribution is 5.80. The summed E-state index contributed by atoms with van der Waals surface area (Å²) in [5.74, 6) is 0.384. The lowest BCUT2D eigenvalue weighted by Gasteiger charge is -2.08. The Morgan fingerprint density at radius 1 is 1.60 bits per heavy atom. The fourth-order valence-corrected chi connectivity index (χ4v) is 2.01. The number of carbonyl (C=O) groups is 1. The molecule has 1 fully saturated rings. The smallest absolute Gasteiger partial charge is 0.223 e. The standard InChI is InChI=1S/C12H16N2O/c1-9-7-11(14-12(9)15)5-4-10-3-2-6-13-8-10/h2-3,6,8-9,11H,4-5,7H2,1H3,(H,14,15). The third kappa shape index (κ3) is 2.55. The van der Waals surface area contributed by atoms with E-state index in [0.29, 0.717) is 6.04 Å². The number of carbonyl (C=O) groups excluding carboxylic acids is 1. The fourth-order valence-electron chi connectivity index (χ4n) is 2.01. The first-order valence-electron chi connectivity index (χ1n) is 5.45. The van der Waals surface area contributed by atoms with Crippen molar-refractivity contribution >= 4 is 5.91 Å². The summed E-state index contributed by atoms with van der Waals surface area (Å²) in [6, 6.07) is 4.38. The summed E-state index contributed by atoms with van der Waals surface area (Å²) in [6.45, 7) is 1.99. The second-order valence-electron chi connectivity index (χ2n) is 4.24. The maximum absolute atomic E-state index is 11.3. The third-order valence-corrected chi connectivity index (χ3v) is 2.94. The molecule has 0 radical (unpaired) electrons. The number of hydrogen-bond donors (Lipinski definition) is 1. The van der Waals surface area contributed by atoms with Crippen LogP contribution < -0.4 is 5.32 Å². The summed E-state index contributed by atoms with van der Waals surface area (Å²) in [5, 5.41) is 3.01. The van der Waals surface area contributed by atoms with Gasteiger partial charge in [0.05, 0.1) is 0 Å². The van der Waals surface area contributed by atoms with Crippen LogP contribution >= 0.6 is 0 Å². The number of aryl methyl sites for hydroxylation is 1. The van der Waals surface area contributed by atoms with E-state index in [1.165, 1.54) is 5.56 Å². The molecule has 1 saturated heterocycles. The molecule has 1 aliphatic heterocycles. The van der Waals surface area contributed by atoms with Gasteiger partial charge in [-0.05, 0) is 30.9 Å². The van der Waals surface area contributed by atoms with Gasteiger partial charge in [0.2, 0.25) is 5.91 Å². The zero-order valence-corrected chi connectivity index (χ0v) is 8.94. The Morgan fingerprint density at radius 2 is 2.47 bits per heavy atom. The largest absolute Gasteiger partial charge is 0.353 e. The molecule has 1 aromatic heterocycles. The van der Waals surface area contributed by atoms with E-state index in [4.69, 9.17) is 0 Å². The van der Waals surface area contributed by atoms with Crippen molar-refractivity contribution in [3.8, 4) is 0 Å². The molecule has 0 spiro atoms. The van der Waals surface area contributed by atoms with Crippen LogP contribution in [0.5, 0.6) is 0 Å². The molecule has 1 amide bonds. The number of amides is 1. The molecule has 80 valence electrons. The first-order valence-corrected chi connectivity index (χ1v) is 5.45. The molecular weight excluding hydrogens is 188 g/mol. The van der Waals surface area contributed by atoms with Crippen molar-refractivity contribution < 1.29 is 4.79 Å². The van der Waals surface area contributed by atoms with Gasteiger partial charge in [-0.15, -0.1) is 0 Å². The van der Waals surface area contributed by atoms with E-state index in [0.717, 1.165) is 19.3 Å². The molecule has 1 aromatic rings. The molecule has 1 aliphatic rings. The van der Waals surface area contributed by atoms with Crippen LogP contribution in [0.2, 0.25) is 0 Å². The molecule has 0 aliphatic carbocycles. The van der Waals surface area contributed by atoms with Crippen molar-refractivity contribution in [3.05, 3.63) is 30.1 Å². The molecule has 0 aromatic carbocycles. The molecule has 2 rings (SSSR count). The van der Waals surface area contributed by atoms with Crippen molar-refractivity contribution in [1.29, 1.82) is 0 Å². The van der Waals surface area contributed by atoms with Crippen LogP contribution in [0.4, 0.5) is 0 Å². The zero-order valence-electron chi connectivity index (χ0n) is 8.94. The minimum absolute atomic E-state index is 0.184. The molecule has 1 N–H and O–H groups in total. The molecule has 2 unspecified atom stereocenters. The molecule has 0 bridgehead atoms. The number of nitrogens with zero attached hydrogens (tertiary/aromatic N) is 1. The van der Waals surface area contributed by atoms with E-state index >= 15 is 0 Å². The number of aromatic nitrogens is 1. The van der Waals surface area contributed by atoms with Crippen LogP contribution in [-0.4, -0.2) is 16.9 Å². The number of nitrogens with one attached hydrogen (secondary N) is 1. The SMILES string of the molecule is CC1CC(CCc2cccnc2)NC1=O. The van der Waals surface area contributed by atoms with E-state index in [-0.39, 0.29) is 11.8 Å². The predicted molar refractivity (Wildman–Crippen MR) is 58.3 cm³/mol. The van der Waals surface area contributed by atoms with Gasteiger partial charge in [-0.25, -0.2) is 0 Å². The average Bonchev–Trinajstić information content (AvgIpc) is 2.57. The quantitative estimate of drug-likeness (QED) is 0.811. The number of pyridine rings is 1. The summed E-state index contributed by atoms with van der Waals surface area (Å²) in [4.78, 5) is 15.3. The van der Waals surface area contributed by atoms with E-state index in [9.17, 15) is 4.79 Å². The van der Waals surface area contributed by atoms with Crippen molar-refractivity contribution in [2.24, 2.45) is 5.92 Å². The summed E-state index contributed by atoms with van der Waals surface area (Å²) in [7, 11) is 0. The normalized spacial score (nSPS) is 25.3. The van der Waals surface area contributed by atoms with E-state index < -0.39 is 0 Å². The van der Waals surface area contributed by atoms with E-state index in [1.54, 1.807) is 6.20 Å². The van der Waals surface area contributed by atoms with Crippen LogP contribution in [0.1, 0.15) is 25.3 Å². The topological polar surface area (TPSA) is 42.0 Å². The van der Waals surface area contributed by atoms with Crippen molar-refractivity contribution in [1.82, 2.24) is 10.3 Å². The van der Waals surface area contributed by atoms with Gasteiger partial charge in [-0.3, -0.25) is 9.78 Å². The average molecular weight is 204 g/mol. The summed E-state index contributed by atoms with van der Waals surface area (Å²) >= 11 is 0. The Hall–Kier alpha value is -1.38. The Morgan fingerprint density at radius 3 is 3.07 bits per heavy atom. The Bertz CT molecular complexity index is 337. The second-order valence-corrected chi connectivity index (χ2v) is 4.24. The van der Waals surface area contributed by atoms with Crippen LogP contribution in [0.3, 0.4) is 0 Å². The zero-order chi connectivity index (χ0) is 10.7. The summed E-state index contributed by atoms with van der Waals surface area (Å²) in [5.41, 5.74) is 1.24. The Kier molecular flexibility index (Phi) is 2.99. The van der Waals surface area contributed by atoms with Crippen LogP contribution in [0.25, 0.3) is 0 Å². The maximum atomic E-state index is 11.3. The molecule has 2 heterocycles. The van der Waals surface area contributed by atoms with Gasteiger partial charge in [0.15, 0.2) is 0 Å². The van der Waals surface area contributed by atoms with Crippen molar-refractivity contribution in [2.45, 2.75) is 32.2 Å². The van der Waals surface area contributed by atoms with Crippen LogP contribution in [0, 0.1) is 5.92 Å². The lowest BCUT2D eigenvalue weighted by Crippen LogP contribution is -2.26. The molecule has 3 heteroatoms. The summed E-state index contributed by atoms with van der Waals surface area (Å²) < 4.78 is 0. The number of hydrogen-bond acceptors (Lipinski definition) is 2. The Labute approximate surface area is 89.9 Å².